The molecule has 0 unspecified atom stereocenters. The molecule has 36 heavy (non-hydrogen) atoms. The number of carbonyl (C=O) groups is 3. The Hall–Kier alpha value is -3.75. The minimum atomic E-state index is -0.521. The first-order chi connectivity index (χ1) is 17.3. The van der Waals surface area contributed by atoms with E-state index in [0.29, 0.717) is 34.4 Å². The number of hydrogen-bond donors (Lipinski definition) is 1. The molecule has 4 rings (SSSR count). The first-order valence-corrected chi connectivity index (χ1v) is 12.2. The number of rotatable bonds is 8. The number of methoxy groups -OCH3 is 1. The highest BCUT2D eigenvalue weighted by molar-refractivity contribution is 8.18. The average molecular weight is 523 g/mol. The van der Waals surface area contributed by atoms with Crippen LogP contribution in [0.15, 0.2) is 71.6 Å². The highest BCUT2D eigenvalue weighted by Crippen LogP contribution is 2.35. The number of nitrogens with zero attached hydrogens (tertiary/aromatic N) is 1. The molecule has 0 spiro atoms. The fourth-order valence-corrected chi connectivity index (χ4v) is 4.43. The predicted molar refractivity (Wildman–Crippen MR) is 141 cm³/mol. The zero-order valence-corrected chi connectivity index (χ0v) is 21.2. The summed E-state index contributed by atoms with van der Waals surface area (Å²) in [5, 5.41) is 2.89. The topological polar surface area (TPSA) is 84.9 Å². The van der Waals surface area contributed by atoms with Crippen LogP contribution in [0.5, 0.6) is 11.5 Å². The molecule has 0 aromatic heterocycles. The quantitative estimate of drug-likeness (QED) is 0.370. The van der Waals surface area contributed by atoms with Crippen LogP contribution in [-0.4, -0.2) is 35.6 Å². The van der Waals surface area contributed by atoms with Crippen molar-refractivity contribution < 1.29 is 23.9 Å². The molecule has 0 radical (unpaired) electrons. The Labute approximate surface area is 218 Å². The average Bonchev–Trinajstić information content (AvgIpc) is 3.12. The SMILES string of the molecule is COc1cc(/C=C2/SC(=O)N(CC(=O)Nc3ccccc3C)C2=O)ccc1OCc1ccc(Cl)cc1. The molecule has 0 saturated carbocycles. The van der Waals surface area contributed by atoms with Gasteiger partial charge in [-0.15, -0.1) is 0 Å². The van der Waals surface area contributed by atoms with Gasteiger partial charge in [-0.3, -0.25) is 19.3 Å². The number of ether oxygens (including phenoxy) is 2. The van der Waals surface area contributed by atoms with Crippen molar-refractivity contribution in [1.29, 1.82) is 0 Å². The Morgan fingerprint density at radius 3 is 2.53 bits per heavy atom. The van der Waals surface area contributed by atoms with Gasteiger partial charge in [0.25, 0.3) is 11.1 Å². The number of thioether (sulfide) groups is 1. The molecule has 1 heterocycles. The molecule has 0 aliphatic carbocycles. The number of benzene rings is 3. The van der Waals surface area contributed by atoms with Gasteiger partial charge in [-0.1, -0.05) is 48.0 Å². The molecule has 3 aromatic carbocycles. The van der Waals surface area contributed by atoms with E-state index in [4.69, 9.17) is 21.1 Å². The first-order valence-electron chi connectivity index (χ1n) is 11.0. The molecule has 1 saturated heterocycles. The normalized spacial score (nSPS) is 14.3. The Balaban J connectivity index is 1.43. The smallest absolute Gasteiger partial charge is 0.294 e. The van der Waals surface area contributed by atoms with Gasteiger partial charge in [0.2, 0.25) is 5.91 Å². The second-order valence-electron chi connectivity index (χ2n) is 7.96. The van der Waals surface area contributed by atoms with Gasteiger partial charge in [0.05, 0.1) is 12.0 Å². The molecule has 1 aliphatic heterocycles. The standard InChI is InChI=1S/C27H23ClN2O5S/c1-17-5-3-4-6-21(17)29-25(31)15-30-26(32)24(36-27(30)33)14-19-9-12-22(23(13-19)34-2)35-16-18-7-10-20(28)11-8-18/h3-14H,15-16H2,1-2H3,(H,29,31)/b24-14+. The summed E-state index contributed by atoms with van der Waals surface area (Å²) in [4.78, 5) is 38.9. The van der Waals surface area contributed by atoms with Crippen molar-refractivity contribution in [3.63, 3.8) is 0 Å². The van der Waals surface area contributed by atoms with Crippen molar-refractivity contribution in [2.45, 2.75) is 13.5 Å². The maximum Gasteiger partial charge on any atom is 0.294 e. The molecule has 1 N–H and O–H groups in total. The van der Waals surface area contributed by atoms with Crippen LogP contribution in [-0.2, 0) is 16.2 Å². The van der Waals surface area contributed by atoms with E-state index in [1.165, 1.54) is 7.11 Å². The maximum atomic E-state index is 12.9. The maximum absolute atomic E-state index is 12.9. The minimum absolute atomic E-state index is 0.223. The van der Waals surface area contributed by atoms with Crippen molar-refractivity contribution >= 4 is 52.2 Å². The van der Waals surface area contributed by atoms with Crippen molar-refractivity contribution in [2.24, 2.45) is 0 Å². The summed E-state index contributed by atoms with van der Waals surface area (Å²) in [5.41, 5.74) is 3.12. The number of aryl methyl sites for hydroxylation is 1. The van der Waals surface area contributed by atoms with Gasteiger partial charge in [-0.05, 0) is 71.8 Å². The molecule has 9 heteroatoms. The molecule has 1 fully saturated rings. The summed E-state index contributed by atoms with van der Waals surface area (Å²) < 4.78 is 11.3. The lowest BCUT2D eigenvalue weighted by Gasteiger charge is -2.13. The molecular weight excluding hydrogens is 500 g/mol. The summed E-state index contributed by atoms with van der Waals surface area (Å²) in [5.74, 6) is 0.0452. The number of para-hydroxylation sites is 1. The Morgan fingerprint density at radius 2 is 1.81 bits per heavy atom. The number of carbonyl (C=O) groups excluding carboxylic acids is 3. The third-order valence-electron chi connectivity index (χ3n) is 5.39. The largest absolute Gasteiger partial charge is 0.493 e. The molecule has 0 bridgehead atoms. The molecule has 3 aromatic rings. The van der Waals surface area contributed by atoms with E-state index >= 15 is 0 Å². The van der Waals surface area contributed by atoms with Crippen LogP contribution in [0.4, 0.5) is 10.5 Å². The van der Waals surface area contributed by atoms with Gasteiger partial charge in [0.15, 0.2) is 11.5 Å². The number of anilines is 1. The molecular formula is C27H23ClN2O5S. The van der Waals surface area contributed by atoms with E-state index in [1.807, 2.05) is 31.2 Å². The van der Waals surface area contributed by atoms with E-state index < -0.39 is 17.1 Å². The second kappa shape index (κ2) is 11.3. The highest BCUT2D eigenvalue weighted by atomic mass is 35.5. The fourth-order valence-electron chi connectivity index (χ4n) is 3.47. The Morgan fingerprint density at radius 1 is 1.06 bits per heavy atom. The van der Waals surface area contributed by atoms with Crippen LogP contribution >= 0.6 is 23.4 Å². The lowest BCUT2D eigenvalue weighted by molar-refractivity contribution is -0.127. The van der Waals surface area contributed by atoms with E-state index in [9.17, 15) is 14.4 Å². The van der Waals surface area contributed by atoms with Crippen LogP contribution in [0.25, 0.3) is 6.08 Å². The number of amides is 3. The lowest BCUT2D eigenvalue weighted by atomic mass is 10.1. The van der Waals surface area contributed by atoms with Crippen LogP contribution in [0.2, 0.25) is 5.02 Å². The fraction of sp³-hybridized carbons (Fsp3) is 0.148. The van der Waals surface area contributed by atoms with Gasteiger partial charge in [0.1, 0.15) is 13.2 Å². The van der Waals surface area contributed by atoms with Gasteiger partial charge < -0.3 is 14.8 Å². The third kappa shape index (κ3) is 6.08. The van der Waals surface area contributed by atoms with Gasteiger partial charge in [0, 0.05) is 10.7 Å². The van der Waals surface area contributed by atoms with E-state index in [2.05, 4.69) is 5.32 Å². The highest BCUT2D eigenvalue weighted by Gasteiger charge is 2.36. The van der Waals surface area contributed by atoms with Gasteiger partial charge in [-0.25, -0.2) is 0 Å². The minimum Gasteiger partial charge on any atom is -0.493 e. The van der Waals surface area contributed by atoms with Crippen LogP contribution < -0.4 is 14.8 Å². The lowest BCUT2D eigenvalue weighted by Crippen LogP contribution is -2.36. The third-order valence-corrected chi connectivity index (χ3v) is 6.55. The van der Waals surface area contributed by atoms with Crippen LogP contribution in [0.3, 0.4) is 0 Å². The number of nitrogens with one attached hydrogen (secondary N) is 1. The molecule has 3 amide bonds. The van der Waals surface area contributed by atoms with Gasteiger partial charge in [-0.2, -0.15) is 0 Å². The summed E-state index contributed by atoms with van der Waals surface area (Å²) in [6.45, 7) is 1.83. The molecule has 184 valence electrons. The van der Waals surface area contributed by atoms with Crippen molar-refractivity contribution in [1.82, 2.24) is 4.90 Å². The zero-order valence-electron chi connectivity index (χ0n) is 19.6. The second-order valence-corrected chi connectivity index (χ2v) is 9.39. The summed E-state index contributed by atoms with van der Waals surface area (Å²) >= 11 is 6.71. The molecule has 0 atom stereocenters. The summed E-state index contributed by atoms with van der Waals surface area (Å²) in [6.07, 6.45) is 1.59. The monoisotopic (exact) mass is 522 g/mol. The van der Waals surface area contributed by atoms with E-state index in [1.54, 1.807) is 48.5 Å². The summed E-state index contributed by atoms with van der Waals surface area (Å²) in [7, 11) is 1.52. The van der Waals surface area contributed by atoms with Gasteiger partial charge >= 0.3 is 0 Å². The first kappa shape index (κ1) is 25.3. The summed E-state index contributed by atoms with van der Waals surface area (Å²) in [6, 6.07) is 19.8. The Kier molecular flexibility index (Phi) is 7.97. The van der Waals surface area contributed by atoms with Crippen molar-refractivity contribution in [3.05, 3.63) is 93.3 Å². The van der Waals surface area contributed by atoms with Crippen LogP contribution in [0, 0.1) is 6.92 Å². The number of hydrogen-bond acceptors (Lipinski definition) is 6. The van der Waals surface area contributed by atoms with E-state index in [-0.39, 0.29) is 11.4 Å². The Bertz CT molecular complexity index is 1340. The van der Waals surface area contributed by atoms with Crippen LogP contribution in [0.1, 0.15) is 16.7 Å². The van der Waals surface area contributed by atoms with E-state index in [0.717, 1.165) is 27.8 Å². The number of halogens is 1. The molecule has 7 nitrogen and oxygen atoms in total. The van der Waals surface area contributed by atoms with Crippen molar-refractivity contribution in [2.75, 3.05) is 19.0 Å². The predicted octanol–water partition coefficient (Wildman–Crippen LogP) is 5.91. The zero-order chi connectivity index (χ0) is 25.7. The van der Waals surface area contributed by atoms with Crippen molar-refractivity contribution in [3.8, 4) is 11.5 Å². The molecule has 1 aliphatic rings. The number of imide groups is 1.